The maximum atomic E-state index is 14.9. The van der Waals surface area contributed by atoms with Gasteiger partial charge in [-0.05, 0) is 49.6 Å². The SMILES string of the molecule is CCOC(=O)N(CCCc1cc(Cl)ccc1Oc1cc(F)c(S(=O)(=O)Cc2nccs2)cc1Cl)CC(=O)O. The zero-order chi connectivity index (χ0) is 27.9. The molecule has 1 heterocycles. The maximum Gasteiger partial charge on any atom is 0.410 e. The zero-order valence-electron chi connectivity index (χ0n) is 20.0. The van der Waals surface area contributed by atoms with Gasteiger partial charge < -0.3 is 14.6 Å². The number of carboxylic acids is 1. The van der Waals surface area contributed by atoms with E-state index in [2.05, 4.69) is 4.98 Å². The summed E-state index contributed by atoms with van der Waals surface area (Å²) < 4.78 is 51.0. The monoisotopic (exact) mass is 604 g/mol. The van der Waals surface area contributed by atoms with E-state index in [0.29, 0.717) is 28.4 Å². The van der Waals surface area contributed by atoms with Crippen LogP contribution in [0.5, 0.6) is 11.5 Å². The van der Waals surface area contributed by atoms with Crippen LogP contribution in [0.2, 0.25) is 10.0 Å². The number of sulfone groups is 1. The van der Waals surface area contributed by atoms with Crippen molar-refractivity contribution in [2.75, 3.05) is 19.7 Å². The number of amides is 1. The van der Waals surface area contributed by atoms with Gasteiger partial charge in [-0.1, -0.05) is 23.2 Å². The maximum absolute atomic E-state index is 14.9. The molecule has 0 aliphatic heterocycles. The fourth-order valence-corrected chi connectivity index (χ4v) is 6.23. The molecule has 0 spiro atoms. The number of hydrogen-bond donors (Lipinski definition) is 1. The summed E-state index contributed by atoms with van der Waals surface area (Å²) >= 11 is 13.5. The highest BCUT2D eigenvalue weighted by atomic mass is 35.5. The molecule has 3 aromatic rings. The van der Waals surface area contributed by atoms with Crippen LogP contribution in [0.4, 0.5) is 9.18 Å². The van der Waals surface area contributed by atoms with Gasteiger partial charge >= 0.3 is 12.1 Å². The highest BCUT2D eigenvalue weighted by Gasteiger charge is 2.24. The highest BCUT2D eigenvalue weighted by Crippen LogP contribution is 2.36. The third-order valence-electron chi connectivity index (χ3n) is 5.09. The van der Waals surface area contributed by atoms with Gasteiger partial charge in [0.15, 0.2) is 9.84 Å². The number of halogens is 3. The Morgan fingerprint density at radius 2 is 1.95 bits per heavy atom. The van der Waals surface area contributed by atoms with Crippen molar-refractivity contribution < 1.29 is 37.0 Å². The van der Waals surface area contributed by atoms with E-state index in [0.717, 1.165) is 28.4 Å². The van der Waals surface area contributed by atoms with E-state index in [-0.39, 0.29) is 29.7 Å². The Bertz CT molecular complexity index is 1400. The van der Waals surface area contributed by atoms with E-state index in [9.17, 15) is 22.4 Å². The number of hydrogen-bond acceptors (Lipinski definition) is 8. The minimum absolute atomic E-state index is 0.0815. The molecule has 0 saturated carbocycles. The van der Waals surface area contributed by atoms with Crippen LogP contribution in [0.1, 0.15) is 23.9 Å². The molecule has 1 aromatic heterocycles. The summed E-state index contributed by atoms with van der Waals surface area (Å²) in [6, 6.07) is 6.59. The minimum atomic E-state index is -4.05. The first-order chi connectivity index (χ1) is 18.0. The summed E-state index contributed by atoms with van der Waals surface area (Å²) in [4.78, 5) is 27.6. The average Bonchev–Trinajstić information content (AvgIpc) is 3.34. The number of aryl methyl sites for hydroxylation is 1. The van der Waals surface area contributed by atoms with Gasteiger partial charge in [0.1, 0.15) is 39.5 Å². The van der Waals surface area contributed by atoms with E-state index in [4.69, 9.17) is 37.8 Å². The van der Waals surface area contributed by atoms with Crippen LogP contribution in [-0.4, -0.2) is 55.2 Å². The predicted octanol–water partition coefficient (Wildman–Crippen LogP) is 5.83. The molecule has 14 heteroatoms. The topological polar surface area (TPSA) is 123 Å². The number of nitrogens with zero attached hydrogens (tertiary/aromatic N) is 2. The van der Waals surface area contributed by atoms with Gasteiger partial charge in [-0.15, -0.1) is 11.3 Å². The summed E-state index contributed by atoms with van der Waals surface area (Å²) in [5.41, 5.74) is 0.577. The molecule has 3 rings (SSSR count). The molecule has 0 atom stereocenters. The highest BCUT2D eigenvalue weighted by molar-refractivity contribution is 7.90. The van der Waals surface area contributed by atoms with Gasteiger partial charge in [0.2, 0.25) is 0 Å². The Balaban J connectivity index is 1.78. The predicted molar refractivity (Wildman–Crippen MR) is 140 cm³/mol. The number of rotatable bonds is 12. The first-order valence-corrected chi connectivity index (χ1v) is 14.5. The van der Waals surface area contributed by atoms with Crippen molar-refractivity contribution in [2.45, 2.75) is 30.4 Å². The second-order valence-corrected chi connectivity index (χ2v) is 11.7. The quantitative estimate of drug-likeness (QED) is 0.274. The van der Waals surface area contributed by atoms with Gasteiger partial charge in [-0.25, -0.2) is 22.6 Å². The molecule has 0 aliphatic carbocycles. The van der Waals surface area contributed by atoms with E-state index < -0.39 is 44.9 Å². The van der Waals surface area contributed by atoms with Crippen molar-refractivity contribution in [2.24, 2.45) is 0 Å². The van der Waals surface area contributed by atoms with Gasteiger partial charge in [0.05, 0.1) is 11.6 Å². The molecular weight excluding hydrogens is 582 g/mol. The number of carbonyl (C=O) groups excluding carboxylic acids is 1. The van der Waals surface area contributed by atoms with Crippen LogP contribution < -0.4 is 4.74 Å². The van der Waals surface area contributed by atoms with Crippen LogP contribution >= 0.6 is 34.5 Å². The van der Waals surface area contributed by atoms with Crippen molar-refractivity contribution in [1.29, 1.82) is 0 Å². The van der Waals surface area contributed by atoms with Crippen molar-refractivity contribution >= 4 is 56.4 Å². The Morgan fingerprint density at radius 1 is 1.18 bits per heavy atom. The van der Waals surface area contributed by atoms with E-state index in [1.807, 2.05) is 0 Å². The summed E-state index contributed by atoms with van der Waals surface area (Å²) in [6.45, 7) is 1.27. The van der Waals surface area contributed by atoms with Gasteiger partial charge in [-0.3, -0.25) is 9.69 Å². The molecule has 0 bridgehead atoms. The number of carbonyl (C=O) groups is 2. The van der Waals surface area contributed by atoms with Crippen LogP contribution in [0.15, 0.2) is 46.8 Å². The first kappa shape index (κ1) is 29.6. The average molecular weight is 605 g/mol. The largest absolute Gasteiger partial charge is 0.480 e. The molecule has 0 saturated heterocycles. The smallest absolute Gasteiger partial charge is 0.410 e. The molecule has 1 amide bonds. The lowest BCUT2D eigenvalue weighted by Crippen LogP contribution is -2.37. The number of ether oxygens (including phenoxy) is 2. The second kappa shape index (κ2) is 13.2. The lowest BCUT2D eigenvalue weighted by Gasteiger charge is -2.20. The Kier molecular flexibility index (Phi) is 10.3. The van der Waals surface area contributed by atoms with E-state index in [1.54, 1.807) is 30.5 Å². The summed E-state index contributed by atoms with van der Waals surface area (Å²) in [7, 11) is -4.05. The molecule has 38 heavy (non-hydrogen) atoms. The van der Waals surface area contributed by atoms with E-state index >= 15 is 0 Å². The fourth-order valence-electron chi connectivity index (χ4n) is 3.43. The number of aromatic nitrogens is 1. The molecule has 0 aliphatic rings. The Labute approximate surface area is 232 Å². The van der Waals surface area contributed by atoms with Crippen LogP contribution in [-0.2, 0) is 31.5 Å². The van der Waals surface area contributed by atoms with Gasteiger partial charge in [0.25, 0.3) is 0 Å². The van der Waals surface area contributed by atoms with Crippen molar-refractivity contribution in [3.05, 3.63) is 68.3 Å². The molecule has 1 N–H and O–H groups in total. The Morgan fingerprint density at radius 3 is 2.61 bits per heavy atom. The van der Waals surface area contributed by atoms with Crippen molar-refractivity contribution in [3.63, 3.8) is 0 Å². The zero-order valence-corrected chi connectivity index (χ0v) is 23.2. The minimum Gasteiger partial charge on any atom is -0.480 e. The van der Waals surface area contributed by atoms with Crippen LogP contribution in [0.3, 0.4) is 0 Å². The standard InChI is InChI=1S/C24H23Cl2FN2O7S2/c1-2-35-24(32)29(13-23(30)31)8-3-4-15-10-16(25)5-6-19(15)36-20-12-18(27)21(11-17(20)26)38(33,34)14-22-28-7-9-37-22/h5-7,9-12H,2-4,8,13-14H2,1H3,(H,30,31). The Hall–Kier alpha value is -2.93. The summed E-state index contributed by atoms with van der Waals surface area (Å²) in [5, 5.41) is 11.3. The molecule has 0 fully saturated rings. The van der Waals surface area contributed by atoms with Gasteiger partial charge in [0, 0.05) is 29.2 Å². The van der Waals surface area contributed by atoms with Crippen LogP contribution in [0.25, 0.3) is 0 Å². The summed E-state index contributed by atoms with van der Waals surface area (Å²) in [5.74, 6) is -2.52. The number of carboxylic acid groups (broad SMARTS) is 1. The molecule has 2 aromatic carbocycles. The van der Waals surface area contributed by atoms with Gasteiger partial charge in [-0.2, -0.15) is 0 Å². The first-order valence-electron chi connectivity index (χ1n) is 11.2. The van der Waals surface area contributed by atoms with Crippen molar-refractivity contribution in [1.82, 2.24) is 9.88 Å². The van der Waals surface area contributed by atoms with Crippen LogP contribution in [0, 0.1) is 5.82 Å². The lowest BCUT2D eigenvalue weighted by atomic mass is 10.1. The molecule has 0 unspecified atom stereocenters. The number of benzene rings is 2. The number of thiazole rings is 1. The molecule has 0 radical (unpaired) electrons. The third kappa shape index (κ3) is 8.03. The normalized spacial score (nSPS) is 11.3. The molecule has 9 nitrogen and oxygen atoms in total. The molecular formula is C24H23Cl2FN2O7S2. The lowest BCUT2D eigenvalue weighted by molar-refractivity contribution is -0.138. The third-order valence-corrected chi connectivity index (χ3v) is 8.22. The molecule has 204 valence electrons. The fraction of sp³-hybridized carbons (Fsp3) is 0.292. The van der Waals surface area contributed by atoms with E-state index in [1.165, 1.54) is 6.20 Å². The van der Waals surface area contributed by atoms with Crippen molar-refractivity contribution in [3.8, 4) is 11.5 Å². The number of aliphatic carboxylic acids is 1. The second-order valence-electron chi connectivity index (χ2n) is 7.87. The summed E-state index contributed by atoms with van der Waals surface area (Å²) in [6.07, 6.45) is 1.36.